The Balaban J connectivity index is 0.00000180. The summed E-state index contributed by atoms with van der Waals surface area (Å²) in [5.41, 5.74) is 0. The highest BCUT2D eigenvalue weighted by molar-refractivity contribution is 5.85. The van der Waals surface area contributed by atoms with Crippen molar-refractivity contribution in [2.45, 2.75) is 51.7 Å². The van der Waals surface area contributed by atoms with Gasteiger partial charge in [-0.3, -0.25) is 4.79 Å². The van der Waals surface area contributed by atoms with Gasteiger partial charge >= 0.3 is 0 Å². The van der Waals surface area contributed by atoms with Crippen LogP contribution in [0.1, 0.15) is 39.5 Å². The number of carbonyl (C=O) groups is 1. The quantitative estimate of drug-likeness (QED) is 0.862. The van der Waals surface area contributed by atoms with Crippen molar-refractivity contribution in [3.8, 4) is 0 Å². The summed E-state index contributed by atoms with van der Waals surface area (Å²) in [7, 11) is 0. The van der Waals surface area contributed by atoms with Crippen LogP contribution in [-0.2, 0) is 9.53 Å². The molecule has 1 amide bonds. The molecule has 0 saturated carbocycles. The largest absolute Gasteiger partial charge is 0.375 e. The molecule has 0 aromatic rings. The van der Waals surface area contributed by atoms with E-state index < -0.39 is 0 Å². The Kier molecular flexibility index (Phi) is 7.11. The van der Waals surface area contributed by atoms with Crippen molar-refractivity contribution in [3.05, 3.63) is 0 Å². The summed E-state index contributed by atoms with van der Waals surface area (Å²) in [4.78, 5) is 14.5. The number of nitrogens with zero attached hydrogens (tertiary/aromatic N) is 1. The van der Waals surface area contributed by atoms with Crippen molar-refractivity contribution in [2.24, 2.45) is 5.92 Å². The van der Waals surface area contributed by atoms with Crippen LogP contribution in [0.2, 0.25) is 0 Å². The van der Waals surface area contributed by atoms with Crippen molar-refractivity contribution in [3.63, 3.8) is 0 Å². The second kappa shape index (κ2) is 8.08. The predicted octanol–water partition coefficient (Wildman–Crippen LogP) is 1.82. The first-order valence-electron chi connectivity index (χ1n) is 7.32. The Labute approximate surface area is 122 Å². The van der Waals surface area contributed by atoms with Gasteiger partial charge in [0.25, 0.3) is 0 Å². The van der Waals surface area contributed by atoms with Crippen LogP contribution in [0.25, 0.3) is 0 Å². The molecule has 0 aromatic carbocycles. The Hall–Kier alpha value is -0.320. The maximum Gasteiger partial charge on any atom is 0.223 e. The predicted molar refractivity (Wildman–Crippen MR) is 78.7 cm³/mol. The minimum Gasteiger partial charge on any atom is -0.375 e. The molecule has 0 aliphatic carbocycles. The van der Waals surface area contributed by atoms with Crippen LogP contribution in [-0.4, -0.2) is 49.2 Å². The summed E-state index contributed by atoms with van der Waals surface area (Å²) in [6.07, 6.45) is 4.19. The Morgan fingerprint density at radius 3 is 2.68 bits per heavy atom. The SMILES string of the molecule is CCC1COC(C)CN1C(=O)CC1CCNCC1.Cl. The van der Waals surface area contributed by atoms with E-state index in [4.69, 9.17) is 4.74 Å². The van der Waals surface area contributed by atoms with Crippen LogP contribution in [0.15, 0.2) is 0 Å². The fraction of sp³-hybridized carbons (Fsp3) is 0.929. The zero-order valence-electron chi connectivity index (χ0n) is 12.1. The van der Waals surface area contributed by atoms with E-state index in [2.05, 4.69) is 24.1 Å². The first-order chi connectivity index (χ1) is 8.70. The second-order valence-corrected chi connectivity index (χ2v) is 5.65. The number of amides is 1. The highest BCUT2D eigenvalue weighted by Crippen LogP contribution is 2.21. The molecule has 5 heteroatoms. The molecule has 19 heavy (non-hydrogen) atoms. The van der Waals surface area contributed by atoms with E-state index in [0.717, 1.165) is 45.3 Å². The average molecular weight is 291 g/mol. The van der Waals surface area contributed by atoms with Gasteiger partial charge in [0.05, 0.1) is 18.8 Å². The number of nitrogens with one attached hydrogen (secondary N) is 1. The van der Waals surface area contributed by atoms with Crippen molar-refractivity contribution < 1.29 is 9.53 Å². The van der Waals surface area contributed by atoms with Crippen molar-refractivity contribution in [1.29, 1.82) is 0 Å². The van der Waals surface area contributed by atoms with Crippen LogP contribution in [0.4, 0.5) is 0 Å². The normalized spacial score (nSPS) is 28.8. The number of halogens is 1. The van der Waals surface area contributed by atoms with Crippen molar-refractivity contribution in [1.82, 2.24) is 10.2 Å². The Morgan fingerprint density at radius 1 is 1.37 bits per heavy atom. The molecule has 4 nitrogen and oxygen atoms in total. The van der Waals surface area contributed by atoms with Gasteiger partial charge in [-0.2, -0.15) is 0 Å². The van der Waals surface area contributed by atoms with E-state index in [1.807, 2.05) is 0 Å². The van der Waals surface area contributed by atoms with Crippen LogP contribution in [0.3, 0.4) is 0 Å². The summed E-state index contributed by atoms with van der Waals surface area (Å²) in [5.74, 6) is 0.915. The highest BCUT2D eigenvalue weighted by Gasteiger charge is 2.30. The van der Waals surface area contributed by atoms with Crippen molar-refractivity contribution >= 4 is 18.3 Å². The van der Waals surface area contributed by atoms with Gasteiger partial charge in [0.15, 0.2) is 0 Å². The number of ether oxygens (including phenoxy) is 1. The molecule has 2 fully saturated rings. The smallest absolute Gasteiger partial charge is 0.223 e. The number of hydrogen-bond acceptors (Lipinski definition) is 3. The lowest BCUT2D eigenvalue weighted by Crippen LogP contribution is -2.51. The molecular formula is C14H27ClN2O2. The van der Waals surface area contributed by atoms with E-state index in [0.29, 0.717) is 18.4 Å². The van der Waals surface area contributed by atoms with E-state index in [-0.39, 0.29) is 24.6 Å². The number of carbonyl (C=O) groups excluding carboxylic acids is 1. The van der Waals surface area contributed by atoms with E-state index in [1.54, 1.807) is 0 Å². The van der Waals surface area contributed by atoms with Gasteiger partial charge in [-0.05, 0) is 45.2 Å². The second-order valence-electron chi connectivity index (χ2n) is 5.65. The minimum atomic E-state index is 0. The van der Waals surface area contributed by atoms with E-state index in [9.17, 15) is 4.79 Å². The molecule has 2 aliphatic rings. The van der Waals surface area contributed by atoms with Gasteiger partial charge in [-0.1, -0.05) is 6.92 Å². The zero-order valence-corrected chi connectivity index (χ0v) is 12.9. The maximum absolute atomic E-state index is 12.4. The Bertz CT molecular complexity index is 283. The van der Waals surface area contributed by atoms with Crippen LogP contribution < -0.4 is 5.32 Å². The van der Waals surface area contributed by atoms with Crippen molar-refractivity contribution in [2.75, 3.05) is 26.2 Å². The number of morpholine rings is 1. The summed E-state index contributed by atoms with van der Waals surface area (Å²) in [5, 5.41) is 3.35. The minimum absolute atomic E-state index is 0. The average Bonchev–Trinajstić information content (AvgIpc) is 2.40. The number of piperidine rings is 1. The third kappa shape index (κ3) is 4.62. The molecule has 112 valence electrons. The third-order valence-corrected chi connectivity index (χ3v) is 4.18. The maximum atomic E-state index is 12.4. The first-order valence-corrected chi connectivity index (χ1v) is 7.32. The Morgan fingerprint density at radius 2 is 2.05 bits per heavy atom. The number of rotatable bonds is 3. The molecule has 1 N–H and O–H groups in total. The molecule has 2 heterocycles. The molecule has 0 bridgehead atoms. The van der Waals surface area contributed by atoms with Gasteiger partial charge in [0.2, 0.25) is 5.91 Å². The summed E-state index contributed by atoms with van der Waals surface area (Å²) < 4.78 is 5.65. The highest BCUT2D eigenvalue weighted by atomic mass is 35.5. The summed E-state index contributed by atoms with van der Waals surface area (Å²) in [6.45, 7) is 7.78. The molecule has 0 aromatic heterocycles. The van der Waals surface area contributed by atoms with E-state index >= 15 is 0 Å². The van der Waals surface area contributed by atoms with E-state index in [1.165, 1.54) is 0 Å². The van der Waals surface area contributed by atoms with Gasteiger partial charge in [-0.25, -0.2) is 0 Å². The molecule has 2 rings (SSSR count). The lowest BCUT2D eigenvalue weighted by atomic mass is 9.93. The van der Waals surface area contributed by atoms with Gasteiger partial charge in [0, 0.05) is 13.0 Å². The summed E-state index contributed by atoms with van der Waals surface area (Å²) >= 11 is 0. The number of hydrogen-bond donors (Lipinski definition) is 1. The monoisotopic (exact) mass is 290 g/mol. The molecule has 0 spiro atoms. The van der Waals surface area contributed by atoms with Gasteiger partial charge in [-0.15, -0.1) is 12.4 Å². The van der Waals surface area contributed by atoms with Crippen LogP contribution >= 0.6 is 12.4 Å². The van der Waals surface area contributed by atoms with Gasteiger partial charge in [0.1, 0.15) is 0 Å². The lowest BCUT2D eigenvalue weighted by Gasteiger charge is -2.39. The molecular weight excluding hydrogens is 264 g/mol. The third-order valence-electron chi connectivity index (χ3n) is 4.18. The fourth-order valence-corrected chi connectivity index (χ4v) is 2.94. The molecule has 2 atom stereocenters. The standard InChI is InChI=1S/C14H26N2O2.ClH/c1-3-13-10-18-11(2)9-16(13)14(17)8-12-4-6-15-7-5-12;/h11-13,15H,3-10H2,1-2H3;1H. The lowest BCUT2D eigenvalue weighted by molar-refractivity contribution is -0.145. The molecule has 2 aliphatic heterocycles. The molecule has 2 unspecified atom stereocenters. The van der Waals surface area contributed by atoms with Crippen LogP contribution in [0, 0.1) is 5.92 Å². The van der Waals surface area contributed by atoms with Crippen LogP contribution in [0.5, 0.6) is 0 Å². The topological polar surface area (TPSA) is 41.6 Å². The fourth-order valence-electron chi connectivity index (χ4n) is 2.94. The molecule has 2 saturated heterocycles. The molecule has 0 radical (unpaired) electrons. The van der Waals surface area contributed by atoms with Gasteiger partial charge < -0.3 is 15.0 Å². The summed E-state index contributed by atoms with van der Waals surface area (Å²) in [6, 6.07) is 0.287. The first kappa shape index (κ1) is 16.7. The zero-order chi connectivity index (χ0) is 13.0.